The molecule has 0 saturated carbocycles. The van der Waals surface area contributed by atoms with Gasteiger partial charge in [0.15, 0.2) is 17.5 Å². The van der Waals surface area contributed by atoms with E-state index in [0.717, 1.165) is 66.0 Å². The summed E-state index contributed by atoms with van der Waals surface area (Å²) in [6.07, 6.45) is 1.82. The lowest BCUT2D eigenvalue weighted by Gasteiger charge is -2.11. The van der Waals surface area contributed by atoms with Gasteiger partial charge in [0.2, 0.25) is 0 Å². The van der Waals surface area contributed by atoms with Crippen LogP contribution in [0.15, 0.2) is 162 Å². The average Bonchev–Trinajstić information content (AvgIpc) is 3.55. The molecule has 49 heavy (non-hydrogen) atoms. The van der Waals surface area contributed by atoms with Crippen LogP contribution in [-0.2, 0) is 0 Å². The summed E-state index contributed by atoms with van der Waals surface area (Å²) in [4.78, 5) is 20.1. The molecule has 0 atom stereocenters. The second-order valence-electron chi connectivity index (χ2n) is 12.3. The summed E-state index contributed by atoms with van der Waals surface area (Å²) < 4.78 is 6.73. The average molecular weight is 627 g/mol. The molecule has 0 aliphatic heterocycles. The number of hydrogen-bond donors (Lipinski definition) is 0. The van der Waals surface area contributed by atoms with Crippen LogP contribution in [0.3, 0.4) is 0 Å². The molecule has 0 saturated heterocycles. The molecule has 5 nitrogen and oxygen atoms in total. The van der Waals surface area contributed by atoms with Crippen molar-refractivity contribution in [2.24, 2.45) is 0 Å². The van der Waals surface area contributed by atoms with Gasteiger partial charge in [-0.25, -0.2) is 15.0 Å². The minimum atomic E-state index is 0.579. The smallest absolute Gasteiger partial charge is 0.164 e. The van der Waals surface area contributed by atoms with Gasteiger partial charge in [0.25, 0.3) is 0 Å². The molecule has 3 heterocycles. The van der Waals surface area contributed by atoms with Gasteiger partial charge in [-0.2, -0.15) is 0 Å². The molecule has 0 fully saturated rings. The molecule has 3 aromatic heterocycles. The van der Waals surface area contributed by atoms with Crippen molar-refractivity contribution in [3.63, 3.8) is 0 Å². The van der Waals surface area contributed by atoms with E-state index >= 15 is 0 Å². The van der Waals surface area contributed by atoms with Crippen molar-refractivity contribution in [3.8, 4) is 45.3 Å². The minimum absolute atomic E-state index is 0.579. The summed E-state index contributed by atoms with van der Waals surface area (Å²) >= 11 is 0. The lowest BCUT2D eigenvalue weighted by molar-refractivity contribution is 0.670. The monoisotopic (exact) mass is 626 g/mol. The van der Waals surface area contributed by atoms with Gasteiger partial charge in [0.1, 0.15) is 11.2 Å². The maximum Gasteiger partial charge on any atom is 0.164 e. The maximum absolute atomic E-state index is 6.73. The molecule has 228 valence electrons. The highest BCUT2D eigenvalue weighted by Crippen LogP contribution is 2.42. The highest BCUT2D eigenvalue weighted by atomic mass is 16.3. The topological polar surface area (TPSA) is 64.7 Å². The van der Waals surface area contributed by atoms with Crippen molar-refractivity contribution in [3.05, 3.63) is 158 Å². The quantitative estimate of drug-likeness (QED) is 0.182. The normalized spacial score (nSPS) is 11.7. The number of aromatic nitrogens is 4. The van der Waals surface area contributed by atoms with Crippen LogP contribution in [-0.4, -0.2) is 19.9 Å². The van der Waals surface area contributed by atoms with E-state index in [9.17, 15) is 0 Å². The van der Waals surface area contributed by atoms with E-state index in [1.807, 2.05) is 60.8 Å². The van der Waals surface area contributed by atoms with Gasteiger partial charge < -0.3 is 4.42 Å². The number of fused-ring (bicyclic) bond motifs is 7. The van der Waals surface area contributed by atoms with E-state index in [4.69, 9.17) is 19.4 Å². The van der Waals surface area contributed by atoms with E-state index in [1.54, 1.807) is 0 Å². The number of nitrogens with zero attached hydrogens (tertiary/aromatic N) is 4. The zero-order valence-electron chi connectivity index (χ0n) is 26.2. The van der Waals surface area contributed by atoms with Gasteiger partial charge in [0, 0.05) is 44.6 Å². The third kappa shape index (κ3) is 4.55. The van der Waals surface area contributed by atoms with Crippen LogP contribution in [0.4, 0.5) is 0 Å². The zero-order chi connectivity index (χ0) is 32.3. The summed E-state index contributed by atoms with van der Waals surface area (Å²) in [6, 6.07) is 52.1. The summed E-state index contributed by atoms with van der Waals surface area (Å²) in [5.74, 6) is 1.80. The minimum Gasteiger partial charge on any atom is -0.455 e. The Hall–Kier alpha value is -6.72. The van der Waals surface area contributed by atoms with Crippen molar-refractivity contribution >= 4 is 54.4 Å². The van der Waals surface area contributed by atoms with Gasteiger partial charge in [-0.05, 0) is 63.5 Å². The molecule has 10 aromatic rings. The summed E-state index contributed by atoms with van der Waals surface area (Å²) in [6.45, 7) is 0. The Labute approximate surface area is 281 Å². The van der Waals surface area contributed by atoms with Crippen LogP contribution in [0.5, 0.6) is 0 Å². The van der Waals surface area contributed by atoms with Gasteiger partial charge in [0.05, 0.1) is 5.52 Å². The number of benzene rings is 7. The summed E-state index contributed by atoms with van der Waals surface area (Å²) in [5.41, 5.74) is 7.27. The van der Waals surface area contributed by atoms with Gasteiger partial charge in [-0.15, -0.1) is 0 Å². The first-order valence-corrected chi connectivity index (χ1v) is 16.3. The lowest BCUT2D eigenvalue weighted by Crippen LogP contribution is -2.00. The van der Waals surface area contributed by atoms with Crippen LogP contribution in [0.25, 0.3) is 99.7 Å². The molecule has 0 unspecified atom stereocenters. The Morgan fingerprint density at radius 3 is 1.90 bits per heavy atom. The van der Waals surface area contributed by atoms with E-state index in [0.29, 0.717) is 17.5 Å². The molecule has 0 N–H and O–H groups in total. The largest absolute Gasteiger partial charge is 0.455 e. The SMILES string of the molecule is c1ccc(-c2nc(-c3ccc4ccc5ccccc5c4c3)nc(-c3ccc(-c4ccccc4)c4oc5cc6cccnc6cc5c34)n2)cc1. The first kappa shape index (κ1) is 27.4. The molecule has 7 aromatic carbocycles. The highest BCUT2D eigenvalue weighted by Gasteiger charge is 2.21. The van der Waals surface area contributed by atoms with Crippen LogP contribution >= 0.6 is 0 Å². The Kier molecular flexibility index (Phi) is 6.11. The van der Waals surface area contributed by atoms with Crippen molar-refractivity contribution < 1.29 is 4.42 Å². The Morgan fingerprint density at radius 2 is 1.06 bits per heavy atom. The molecule has 0 aliphatic rings. The predicted octanol–water partition coefficient (Wildman–Crippen LogP) is 11.3. The first-order chi connectivity index (χ1) is 24.3. The Balaban J connectivity index is 1.27. The van der Waals surface area contributed by atoms with Crippen molar-refractivity contribution in [2.45, 2.75) is 0 Å². The van der Waals surface area contributed by atoms with E-state index in [2.05, 4.69) is 102 Å². The number of rotatable bonds is 4. The molecular weight excluding hydrogens is 601 g/mol. The van der Waals surface area contributed by atoms with Gasteiger partial charge >= 0.3 is 0 Å². The van der Waals surface area contributed by atoms with Crippen LogP contribution in [0.2, 0.25) is 0 Å². The summed E-state index contributed by atoms with van der Waals surface area (Å²) in [5, 5.41) is 7.66. The van der Waals surface area contributed by atoms with Crippen molar-refractivity contribution in [1.29, 1.82) is 0 Å². The lowest BCUT2D eigenvalue weighted by atomic mass is 9.97. The first-order valence-electron chi connectivity index (χ1n) is 16.3. The second kappa shape index (κ2) is 10.9. The maximum atomic E-state index is 6.73. The molecule has 0 aliphatic carbocycles. The zero-order valence-corrected chi connectivity index (χ0v) is 26.2. The third-order valence-electron chi connectivity index (χ3n) is 9.34. The standard InChI is InChI=1S/C44H26N4O/c1-3-10-27(11-4-1)34-21-22-35(40-37-26-38-31(15-9-23-45-38)25-39(37)49-41(34)40)44-47-42(30-13-5-2-6-14-30)46-43(48-44)32-20-19-29-18-17-28-12-7-8-16-33(28)36(29)24-32/h1-26H. The number of hydrogen-bond acceptors (Lipinski definition) is 5. The van der Waals surface area contributed by atoms with E-state index in [1.165, 1.54) is 16.2 Å². The van der Waals surface area contributed by atoms with E-state index in [-0.39, 0.29) is 0 Å². The predicted molar refractivity (Wildman–Crippen MR) is 199 cm³/mol. The molecule has 10 rings (SSSR count). The molecular formula is C44H26N4O. The van der Waals surface area contributed by atoms with Crippen LogP contribution < -0.4 is 0 Å². The number of pyridine rings is 1. The molecule has 0 spiro atoms. The third-order valence-corrected chi connectivity index (χ3v) is 9.34. The molecule has 5 heteroatoms. The Bertz CT molecular complexity index is 2880. The highest BCUT2D eigenvalue weighted by molar-refractivity contribution is 6.18. The molecule has 0 amide bonds. The fourth-order valence-electron chi connectivity index (χ4n) is 6.96. The van der Waals surface area contributed by atoms with E-state index < -0.39 is 0 Å². The van der Waals surface area contributed by atoms with Crippen LogP contribution in [0.1, 0.15) is 0 Å². The number of furan rings is 1. The fraction of sp³-hybridized carbons (Fsp3) is 0. The fourth-order valence-corrected chi connectivity index (χ4v) is 6.96. The van der Waals surface area contributed by atoms with Crippen LogP contribution in [0, 0.1) is 0 Å². The molecule has 0 bridgehead atoms. The summed E-state index contributed by atoms with van der Waals surface area (Å²) in [7, 11) is 0. The van der Waals surface area contributed by atoms with Crippen molar-refractivity contribution in [1.82, 2.24) is 19.9 Å². The Morgan fingerprint density at radius 1 is 0.408 bits per heavy atom. The second-order valence-corrected chi connectivity index (χ2v) is 12.3. The van der Waals surface area contributed by atoms with Crippen molar-refractivity contribution in [2.75, 3.05) is 0 Å². The van der Waals surface area contributed by atoms with Gasteiger partial charge in [-0.3, -0.25) is 4.98 Å². The van der Waals surface area contributed by atoms with Gasteiger partial charge in [-0.1, -0.05) is 115 Å². The molecule has 0 radical (unpaired) electrons.